The Morgan fingerprint density at radius 2 is 1.90 bits per heavy atom. The maximum atomic E-state index is 5.48. The Bertz CT molecular complexity index is 539. The van der Waals surface area contributed by atoms with E-state index in [4.69, 9.17) is 14.5 Å². The molecule has 1 aromatic heterocycles. The van der Waals surface area contributed by atoms with E-state index in [0.717, 1.165) is 27.2 Å². The molecule has 0 N–H and O–H groups in total. The van der Waals surface area contributed by atoms with Crippen LogP contribution in [0.3, 0.4) is 0 Å². The molecule has 20 heavy (non-hydrogen) atoms. The third-order valence-corrected chi connectivity index (χ3v) is 4.41. The van der Waals surface area contributed by atoms with E-state index in [1.807, 2.05) is 12.1 Å². The van der Waals surface area contributed by atoms with Crippen LogP contribution in [-0.4, -0.2) is 31.9 Å². The van der Waals surface area contributed by atoms with Gasteiger partial charge in [-0.3, -0.25) is 0 Å². The van der Waals surface area contributed by atoms with E-state index in [2.05, 4.69) is 35.0 Å². The molecule has 0 aliphatic carbocycles. The second kappa shape index (κ2) is 7.88. The number of methoxy groups -OCH3 is 1. The summed E-state index contributed by atoms with van der Waals surface area (Å²) in [6, 6.07) is 8.26. The molecule has 0 unspecified atom stereocenters. The average molecular weight is 356 g/mol. The molecule has 1 aromatic carbocycles. The lowest BCUT2D eigenvalue weighted by molar-refractivity contribution is 0.0722. The largest absolute Gasteiger partial charge is 0.382 e. The van der Waals surface area contributed by atoms with Crippen LogP contribution in [0.4, 0.5) is 0 Å². The zero-order valence-electron chi connectivity index (χ0n) is 11.7. The van der Waals surface area contributed by atoms with Crippen molar-refractivity contribution in [2.75, 3.05) is 26.9 Å². The van der Waals surface area contributed by atoms with Crippen LogP contribution in [0, 0.1) is 6.92 Å². The van der Waals surface area contributed by atoms with Crippen LogP contribution in [0.1, 0.15) is 9.88 Å². The SMILES string of the molecule is COCCOCCc1nc(-c2ccc(Br)cc2)c(C)s1. The number of hydrogen-bond donors (Lipinski definition) is 0. The van der Waals surface area contributed by atoms with Crippen LogP contribution < -0.4 is 0 Å². The number of nitrogens with zero attached hydrogens (tertiary/aromatic N) is 1. The van der Waals surface area contributed by atoms with Crippen molar-refractivity contribution in [1.82, 2.24) is 4.98 Å². The standard InChI is InChI=1S/C15H18BrNO2S/c1-11-15(12-3-5-13(16)6-4-12)17-14(20-11)7-8-19-10-9-18-2/h3-6H,7-10H2,1-2H3. The van der Waals surface area contributed by atoms with E-state index < -0.39 is 0 Å². The zero-order chi connectivity index (χ0) is 14.4. The second-order valence-corrected chi connectivity index (χ2v) is 6.58. The molecule has 0 aliphatic heterocycles. The van der Waals surface area contributed by atoms with E-state index in [0.29, 0.717) is 19.8 Å². The lowest BCUT2D eigenvalue weighted by Gasteiger charge is -2.01. The number of aryl methyl sites for hydroxylation is 1. The van der Waals surface area contributed by atoms with Gasteiger partial charge in [0.15, 0.2) is 0 Å². The highest BCUT2D eigenvalue weighted by molar-refractivity contribution is 9.10. The van der Waals surface area contributed by atoms with Crippen molar-refractivity contribution in [3.8, 4) is 11.3 Å². The molecule has 2 rings (SSSR count). The summed E-state index contributed by atoms with van der Waals surface area (Å²) < 4.78 is 11.5. The van der Waals surface area contributed by atoms with Gasteiger partial charge in [-0.05, 0) is 19.1 Å². The normalized spacial score (nSPS) is 10.9. The predicted octanol–water partition coefficient (Wildman–Crippen LogP) is 4.09. The van der Waals surface area contributed by atoms with Gasteiger partial charge in [-0.1, -0.05) is 28.1 Å². The molecular weight excluding hydrogens is 338 g/mol. The second-order valence-electron chi connectivity index (χ2n) is 4.37. The summed E-state index contributed by atoms with van der Waals surface area (Å²) in [5.74, 6) is 0. The molecule has 1 heterocycles. The van der Waals surface area contributed by atoms with Gasteiger partial charge in [-0.15, -0.1) is 11.3 Å². The number of rotatable bonds is 7. The number of ether oxygens (including phenoxy) is 2. The lowest BCUT2D eigenvalue weighted by Crippen LogP contribution is -2.04. The number of benzene rings is 1. The Morgan fingerprint density at radius 3 is 2.60 bits per heavy atom. The monoisotopic (exact) mass is 355 g/mol. The number of thiazole rings is 1. The molecule has 0 atom stereocenters. The fraction of sp³-hybridized carbons (Fsp3) is 0.400. The summed E-state index contributed by atoms with van der Waals surface area (Å²) in [4.78, 5) is 5.97. The molecule has 2 aromatic rings. The third-order valence-electron chi connectivity index (χ3n) is 2.85. The molecule has 0 bridgehead atoms. The average Bonchev–Trinajstić information content (AvgIpc) is 2.81. The molecule has 3 nitrogen and oxygen atoms in total. The third kappa shape index (κ3) is 4.38. The van der Waals surface area contributed by atoms with Gasteiger partial charge < -0.3 is 9.47 Å². The number of aromatic nitrogens is 1. The van der Waals surface area contributed by atoms with Crippen LogP contribution >= 0.6 is 27.3 Å². The van der Waals surface area contributed by atoms with Gasteiger partial charge in [0.1, 0.15) is 0 Å². The van der Waals surface area contributed by atoms with Crippen molar-refractivity contribution < 1.29 is 9.47 Å². The minimum atomic E-state index is 0.639. The molecule has 0 radical (unpaired) electrons. The summed E-state index contributed by atoms with van der Waals surface area (Å²) >= 11 is 5.20. The van der Waals surface area contributed by atoms with Gasteiger partial charge in [0.25, 0.3) is 0 Å². The van der Waals surface area contributed by atoms with Crippen molar-refractivity contribution in [1.29, 1.82) is 0 Å². The topological polar surface area (TPSA) is 31.4 Å². The first-order valence-electron chi connectivity index (χ1n) is 6.49. The molecule has 0 aliphatic rings. The Kier molecular flexibility index (Phi) is 6.16. The quantitative estimate of drug-likeness (QED) is 0.701. The van der Waals surface area contributed by atoms with Crippen LogP contribution in [0.5, 0.6) is 0 Å². The fourth-order valence-corrected chi connectivity index (χ4v) is 3.04. The molecule has 0 saturated heterocycles. The van der Waals surface area contributed by atoms with E-state index in [1.54, 1.807) is 18.4 Å². The number of hydrogen-bond acceptors (Lipinski definition) is 4. The maximum Gasteiger partial charge on any atom is 0.0958 e. The first-order chi connectivity index (χ1) is 9.70. The first kappa shape index (κ1) is 15.6. The van der Waals surface area contributed by atoms with Gasteiger partial charge >= 0.3 is 0 Å². The predicted molar refractivity (Wildman–Crippen MR) is 86.4 cm³/mol. The molecule has 0 spiro atoms. The molecule has 0 saturated carbocycles. The molecule has 108 valence electrons. The highest BCUT2D eigenvalue weighted by Gasteiger charge is 2.09. The molecule has 0 fully saturated rings. The number of halogens is 1. The van der Waals surface area contributed by atoms with Crippen molar-refractivity contribution in [3.05, 3.63) is 38.6 Å². The van der Waals surface area contributed by atoms with E-state index in [-0.39, 0.29) is 0 Å². The minimum absolute atomic E-state index is 0.639. The Morgan fingerprint density at radius 1 is 1.15 bits per heavy atom. The van der Waals surface area contributed by atoms with Gasteiger partial charge in [0.05, 0.1) is 30.5 Å². The first-order valence-corrected chi connectivity index (χ1v) is 8.10. The van der Waals surface area contributed by atoms with Crippen LogP contribution in [0.25, 0.3) is 11.3 Å². The minimum Gasteiger partial charge on any atom is -0.382 e. The summed E-state index contributed by atoms with van der Waals surface area (Å²) in [6.07, 6.45) is 0.853. The highest BCUT2D eigenvalue weighted by Crippen LogP contribution is 2.28. The molecule has 0 amide bonds. The summed E-state index contributed by atoms with van der Waals surface area (Å²) in [5, 5.41) is 1.12. The van der Waals surface area contributed by atoms with Crippen molar-refractivity contribution in [2.24, 2.45) is 0 Å². The van der Waals surface area contributed by atoms with E-state index >= 15 is 0 Å². The van der Waals surface area contributed by atoms with Gasteiger partial charge in [0, 0.05) is 28.4 Å². The Hall–Kier alpha value is -0.750. The van der Waals surface area contributed by atoms with Gasteiger partial charge in [-0.2, -0.15) is 0 Å². The highest BCUT2D eigenvalue weighted by atomic mass is 79.9. The Labute approximate surface area is 132 Å². The van der Waals surface area contributed by atoms with Gasteiger partial charge in [0.2, 0.25) is 0 Å². The molecule has 5 heteroatoms. The summed E-state index contributed by atoms with van der Waals surface area (Å²) in [5.41, 5.74) is 2.24. The van der Waals surface area contributed by atoms with Crippen LogP contribution in [-0.2, 0) is 15.9 Å². The summed E-state index contributed by atoms with van der Waals surface area (Å²) in [6.45, 7) is 4.09. The smallest absolute Gasteiger partial charge is 0.0958 e. The van der Waals surface area contributed by atoms with Crippen LogP contribution in [0.2, 0.25) is 0 Å². The lowest BCUT2D eigenvalue weighted by atomic mass is 10.1. The Balaban J connectivity index is 1.97. The van der Waals surface area contributed by atoms with Crippen molar-refractivity contribution in [3.63, 3.8) is 0 Å². The van der Waals surface area contributed by atoms with Gasteiger partial charge in [-0.25, -0.2) is 4.98 Å². The van der Waals surface area contributed by atoms with E-state index in [1.165, 1.54) is 4.88 Å². The van der Waals surface area contributed by atoms with E-state index in [9.17, 15) is 0 Å². The fourth-order valence-electron chi connectivity index (χ4n) is 1.84. The summed E-state index contributed by atoms with van der Waals surface area (Å²) in [7, 11) is 1.68. The maximum absolute atomic E-state index is 5.48. The van der Waals surface area contributed by atoms with Crippen molar-refractivity contribution >= 4 is 27.3 Å². The molecular formula is C15H18BrNO2S. The zero-order valence-corrected chi connectivity index (χ0v) is 14.1. The van der Waals surface area contributed by atoms with Crippen LogP contribution in [0.15, 0.2) is 28.7 Å². The van der Waals surface area contributed by atoms with Crippen molar-refractivity contribution in [2.45, 2.75) is 13.3 Å².